The molecule has 4 rings (SSSR count). The first-order valence-electron chi connectivity index (χ1n) is 11.5. The van der Waals surface area contributed by atoms with Crippen LogP contribution in [0.4, 0.5) is 13.2 Å². The third kappa shape index (κ3) is 5.47. The summed E-state index contributed by atoms with van der Waals surface area (Å²) in [5.74, 6) is -3.12. The number of benzene rings is 2. The quantitative estimate of drug-likeness (QED) is 0.302. The molecule has 0 aliphatic rings. The summed E-state index contributed by atoms with van der Waals surface area (Å²) in [7, 11) is 5.63. The maximum atomic E-state index is 14.6. The number of H-pyrrole nitrogens is 1. The lowest BCUT2D eigenvalue weighted by Gasteiger charge is -2.18. The standard InChI is InChI=1S/C25H23ClF3N5O6/c1-33(2)20(35)11-40-17-7-13(26)15(8-18(17)39-10-12-16(37-3)6-5-14(28)21(12)29)34-23-22(32-25(34)36)24(38-4)31-19(9-27)30-23/h5-8H,9-11H2,1-4H3,(H,32,36). The van der Waals surface area contributed by atoms with Gasteiger partial charge in [-0.05, 0) is 12.1 Å². The molecular formula is C25H23ClF3N5O6. The van der Waals surface area contributed by atoms with Crippen molar-refractivity contribution < 1.29 is 36.9 Å². The van der Waals surface area contributed by atoms with Crippen LogP contribution in [0.5, 0.6) is 23.1 Å². The van der Waals surface area contributed by atoms with Gasteiger partial charge in [0.2, 0.25) is 5.88 Å². The average Bonchev–Trinajstić information content (AvgIpc) is 3.27. The second-order valence-electron chi connectivity index (χ2n) is 8.40. The predicted octanol–water partition coefficient (Wildman–Crippen LogP) is 3.57. The van der Waals surface area contributed by atoms with Gasteiger partial charge >= 0.3 is 5.69 Å². The van der Waals surface area contributed by atoms with Crippen molar-refractivity contribution in [2.75, 3.05) is 34.9 Å². The van der Waals surface area contributed by atoms with Gasteiger partial charge in [-0.1, -0.05) is 11.6 Å². The van der Waals surface area contributed by atoms with E-state index in [4.69, 9.17) is 30.5 Å². The van der Waals surface area contributed by atoms with Crippen molar-refractivity contribution in [1.82, 2.24) is 24.4 Å². The number of likely N-dealkylation sites (N-methyl/N-ethyl adjacent to an activating group) is 1. The van der Waals surface area contributed by atoms with Crippen molar-refractivity contribution in [3.8, 4) is 28.8 Å². The molecule has 1 N–H and O–H groups in total. The van der Waals surface area contributed by atoms with E-state index in [0.29, 0.717) is 0 Å². The molecule has 0 radical (unpaired) electrons. The SMILES string of the molecule is COc1ccc(F)c(F)c1COc1cc(-n2c(=O)[nH]c3c(OC)nc(CF)nc32)c(Cl)cc1OCC(=O)N(C)C. The molecule has 40 heavy (non-hydrogen) atoms. The summed E-state index contributed by atoms with van der Waals surface area (Å²) in [5, 5.41) is -0.0449. The summed E-state index contributed by atoms with van der Waals surface area (Å²) >= 11 is 6.52. The molecule has 15 heteroatoms. The summed E-state index contributed by atoms with van der Waals surface area (Å²) < 4.78 is 64.7. The Morgan fingerprint density at radius 2 is 1.80 bits per heavy atom. The molecule has 2 aromatic heterocycles. The van der Waals surface area contributed by atoms with E-state index < -0.39 is 37.2 Å². The Labute approximate surface area is 230 Å². The molecule has 0 unspecified atom stereocenters. The van der Waals surface area contributed by atoms with Crippen LogP contribution in [0.3, 0.4) is 0 Å². The van der Waals surface area contributed by atoms with Crippen LogP contribution >= 0.6 is 11.6 Å². The van der Waals surface area contributed by atoms with Gasteiger partial charge in [0.15, 0.2) is 41.2 Å². The van der Waals surface area contributed by atoms with E-state index in [1.807, 2.05) is 0 Å². The number of nitrogens with zero attached hydrogens (tertiary/aromatic N) is 4. The van der Waals surface area contributed by atoms with Gasteiger partial charge in [0.05, 0.1) is 30.5 Å². The lowest BCUT2D eigenvalue weighted by Crippen LogP contribution is -2.27. The second-order valence-corrected chi connectivity index (χ2v) is 8.81. The molecule has 4 aromatic rings. The number of hydrogen-bond donors (Lipinski definition) is 1. The number of amides is 1. The number of methoxy groups -OCH3 is 2. The summed E-state index contributed by atoms with van der Waals surface area (Å²) in [5.41, 5.74) is -0.917. The summed E-state index contributed by atoms with van der Waals surface area (Å²) in [6.45, 7) is -1.98. The van der Waals surface area contributed by atoms with Crippen LogP contribution in [-0.2, 0) is 18.1 Å². The topological polar surface area (TPSA) is 121 Å². The third-order valence-corrected chi connectivity index (χ3v) is 6.01. The number of aromatic nitrogens is 4. The zero-order chi connectivity index (χ0) is 29.1. The second kappa shape index (κ2) is 11.7. The van der Waals surface area contributed by atoms with E-state index in [-0.39, 0.29) is 62.3 Å². The van der Waals surface area contributed by atoms with Gasteiger partial charge in [0, 0.05) is 26.2 Å². The van der Waals surface area contributed by atoms with Gasteiger partial charge in [0.1, 0.15) is 24.5 Å². The molecule has 2 aromatic carbocycles. The number of carbonyl (C=O) groups is 1. The fraction of sp³-hybridized carbons (Fsp3) is 0.280. The molecule has 212 valence electrons. The van der Waals surface area contributed by atoms with Crippen molar-refractivity contribution in [2.24, 2.45) is 0 Å². The zero-order valence-electron chi connectivity index (χ0n) is 21.7. The minimum atomic E-state index is -1.19. The van der Waals surface area contributed by atoms with Gasteiger partial charge in [-0.2, -0.15) is 4.98 Å². The fourth-order valence-electron chi connectivity index (χ4n) is 3.67. The molecule has 0 saturated heterocycles. The van der Waals surface area contributed by atoms with E-state index in [1.165, 1.54) is 51.4 Å². The highest BCUT2D eigenvalue weighted by atomic mass is 35.5. The fourth-order valence-corrected chi connectivity index (χ4v) is 3.91. The molecular weight excluding hydrogens is 559 g/mol. The largest absolute Gasteiger partial charge is 0.496 e. The lowest BCUT2D eigenvalue weighted by molar-refractivity contribution is -0.130. The number of hydrogen-bond acceptors (Lipinski definition) is 8. The number of ether oxygens (including phenoxy) is 4. The molecule has 0 saturated carbocycles. The summed E-state index contributed by atoms with van der Waals surface area (Å²) in [6.07, 6.45) is 0. The van der Waals surface area contributed by atoms with Crippen molar-refractivity contribution in [2.45, 2.75) is 13.3 Å². The smallest absolute Gasteiger partial charge is 0.332 e. The molecule has 0 bridgehead atoms. The summed E-state index contributed by atoms with van der Waals surface area (Å²) in [6, 6.07) is 4.69. The molecule has 0 aliphatic carbocycles. The Bertz CT molecular complexity index is 1640. The number of imidazole rings is 1. The van der Waals surface area contributed by atoms with Crippen LogP contribution in [0.25, 0.3) is 16.9 Å². The first-order chi connectivity index (χ1) is 19.1. The number of nitrogens with one attached hydrogen (secondary N) is 1. The van der Waals surface area contributed by atoms with E-state index in [1.54, 1.807) is 0 Å². The normalized spacial score (nSPS) is 11.0. The molecule has 0 fully saturated rings. The maximum Gasteiger partial charge on any atom is 0.332 e. The Hall–Kier alpha value is -4.46. The van der Waals surface area contributed by atoms with E-state index >= 15 is 0 Å². The maximum absolute atomic E-state index is 14.6. The van der Waals surface area contributed by atoms with Crippen molar-refractivity contribution in [3.63, 3.8) is 0 Å². The monoisotopic (exact) mass is 581 g/mol. The van der Waals surface area contributed by atoms with Gasteiger partial charge in [0.25, 0.3) is 5.91 Å². The van der Waals surface area contributed by atoms with Gasteiger partial charge in [-0.15, -0.1) is 0 Å². The van der Waals surface area contributed by atoms with E-state index in [9.17, 15) is 22.8 Å². The van der Waals surface area contributed by atoms with Crippen molar-refractivity contribution in [1.29, 1.82) is 0 Å². The Morgan fingerprint density at radius 3 is 2.45 bits per heavy atom. The molecule has 0 aliphatic heterocycles. The number of rotatable bonds is 10. The van der Waals surface area contributed by atoms with Crippen LogP contribution in [-0.4, -0.2) is 65.2 Å². The zero-order valence-corrected chi connectivity index (χ0v) is 22.4. The number of carbonyl (C=O) groups excluding carboxylic acids is 1. The van der Waals surface area contributed by atoms with E-state index in [0.717, 1.165) is 10.6 Å². The third-order valence-electron chi connectivity index (χ3n) is 5.71. The van der Waals surface area contributed by atoms with Gasteiger partial charge in [-0.3, -0.25) is 9.78 Å². The molecule has 1 amide bonds. The van der Waals surface area contributed by atoms with Crippen LogP contribution in [0.2, 0.25) is 5.02 Å². The van der Waals surface area contributed by atoms with Crippen molar-refractivity contribution in [3.05, 3.63) is 62.8 Å². The van der Waals surface area contributed by atoms with Crippen LogP contribution in [0.1, 0.15) is 11.4 Å². The average molecular weight is 582 g/mol. The van der Waals surface area contributed by atoms with Gasteiger partial charge in [-0.25, -0.2) is 27.5 Å². The highest BCUT2D eigenvalue weighted by molar-refractivity contribution is 6.32. The minimum absolute atomic E-state index is 0.0106. The highest BCUT2D eigenvalue weighted by Crippen LogP contribution is 2.37. The van der Waals surface area contributed by atoms with Crippen LogP contribution in [0.15, 0.2) is 29.1 Å². The van der Waals surface area contributed by atoms with E-state index in [2.05, 4.69) is 15.0 Å². The van der Waals surface area contributed by atoms with Crippen LogP contribution in [0, 0.1) is 11.6 Å². The first kappa shape index (κ1) is 28.5. The molecule has 11 nitrogen and oxygen atoms in total. The lowest BCUT2D eigenvalue weighted by atomic mass is 10.2. The molecule has 0 spiro atoms. The Balaban J connectivity index is 1.85. The van der Waals surface area contributed by atoms with Crippen LogP contribution < -0.4 is 24.6 Å². The predicted molar refractivity (Wildman–Crippen MR) is 137 cm³/mol. The molecule has 2 heterocycles. The minimum Gasteiger partial charge on any atom is -0.496 e. The van der Waals surface area contributed by atoms with Gasteiger partial charge < -0.3 is 23.8 Å². The number of alkyl halides is 1. The first-order valence-corrected chi connectivity index (χ1v) is 11.9. The number of fused-ring (bicyclic) bond motifs is 1. The van der Waals surface area contributed by atoms with Crippen molar-refractivity contribution >= 4 is 28.7 Å². The number of aromatic amines is 1. The number of halogens is 4. The summed E-state index contributed by atoms with van der Waals surface area (Å²) in [4.78, 5) is 37.0. The Morgan fingerprint density at radius 1 is 1.07 bits per heavy atom. The molecule has 0 atom stereocenters. The highest BCUT2D eigenvalue weighted by Gasteiger charge is 2.23. The Kier molecular flexibility index (Phi) is 8.38.